The number of carbonyl (C=O) groups excluding carboxylic acids is 1. The number of amides is 1. The first-order chi connectivity index (χ1) is 10.1. The number of aryl methyl sites for hydroxylation is 1. The number of rotatable bonds is 3. The van der Waals surface area contributed by atoms with Crippen LogP contribution in [0.3, 0.4) is 0 Å². The molecule has 1 amide bonds. The van der Waals surface area contributed by atoms with Gasteiger partial charge < -0.3 is 9.72 Å². The molecule has 0 bridgehead atoms. The first-order valence-electron chi connectivity index (χ1n) is 6.60. The van der Waals surface area contributed by atoms with Crippen LogP contribution in [0.5, 0.6) is 0 Å². The molecule has 3 rings (SSSR count). The molecule has 3 aromatic rings. The van der Waals surface area contributed by atoms with Gasteiger partial charge in [-0.05, 0) is 42.8 Å². The Balaban J connectivity index is 1.72. The van der Waals surface area contributed by atoms with Gasteiger partial charge in [0, 0.05) is 18.0 Å². The number of halogens is 1. The normalized spacial score (nSPS) is 10.8. The second kappa shape index (κ2) is 5.36. The summed E-state index contributed by atoms with van der Waals surface area (Å²) >= 11 is 0. The van der Waals surface area contributed by atoms with Crippen molar-refractivity contribution in [3.05, 3.63) is 71.4 Å². The molecule has 0 atom stereocenters. The van der Waals surface area contributed by atoms with Crippen molar-refractivity contribution in [1.29, 1.82) is 0 Å². The number of imidazole rings is 1. The summed E-state index contributed by atoms with van der Waals surface area (Å²) in [4.78, 5) is 16.4. The van der Waals surface area contributed by atoms with E-state index in [0.29, 0.717) is 12.1 Å². The van der Waals surface area contributed by atoms with E-state index in [2.05, 4.69) is 10.3 Å². The van der Waals surface area contributed by atoms with E-state index in [-0.39, 0.29) is 5.91 Å². The highest BCUT2D eigenvalue weighted by molar-refractivity contribution is 5.94. The van der Waals surface area contributed by atoms with Gasteiger partial charge in [0.25, 0.3) is 5.91 Å². The average molecular weight is 283 g/mol. The van der Waals surface area contributed by atoms with Crippen molar-refractivity contribution < 1.29 is 9.18 Å². The monoisotopic (exact) mass is 283 g/mol. The van der Waals surface area contributed by atoms with Gasteiger partial charge in [0.15, 0.2) is 0 Å². The van der Waals surface area contributed by atoms with Crippen molar-refractivity contribution in [1.82, 2.24) is 14.7 Å². The molecule has 2 aromatic heterocycles. The maximum absolute atomic E-state index is 13.1. The Morgan fingerprint density at radius 1 is 1.33 bits per heavy atom. The Bertz CT molecular complexity index is 810. The third kappa shape index (κ3) is 2.91. The van der Waals surface area contributed by atoms with Crippen LogP contribution in [0.1, 0.15) is 21.6 Å². The van der Waals surface area contributed by atoms with Gasteiger partial charge in [0.2, 0.25) is 0 Å². The van der Waals surface area contributed by atoms with Crippen LogP contribution in [-0.4, -0.2) is 15.3 Å². The summed E-state index contributed by atoms with van der Waals surface area (Å²) in [6, 6.07) is 9.56. The highest BCUT2D eigenvalue weighted by atomic mass is 19.1. The summed E-state index contributed by atoms with van der Waals surface area (Å²) < 4.78 is 15.0. The van der Waals surface area contributed by atoms with E-state index >= 15 is 0 Å². The molecule has 0 spiro atoms. The zero-order valence-electron chi connectivity index (χ0n) is 11.5. The minimum atomic E-state index is -0.425. The van der Waals surface area contributed by atoms with Crippen LogP contribution in [0, 0.1) is 12.7 Å². The molecule has 2 heterocycles. The predicted octanol–water partition coefficient (Wildman–Crippen LogP) is 2.71. The molecule has 0 saturated heterocycles. The van der Waals surface area contributed by atoms with Crippen LogP contribution >= 0.6 is 0 Å². The topological polar surface area (TPSA) is 46.4 Å². The molecule has 0 unspecified atom stereocenters. The fraction of sp³-hybridized carbons (Fsp3) is 0.125. The lowest BCUT2D eigenvalue weighted by molar-refractivity contribution is 0.0950. The number of fused-ring (bicyclic) bond motifs is 1. The Morgan fingerprint density at radius 2 is 2.19 bits per heavy atom. The molecule has 0 radical (unpaired) electrons. The van der Waals surface area contributed by atoms with Crippen molar-refractivity contribution in [3.8, 4) is 0 Å². The van der Waals surface area contributed by atoms with Crippen molar-refractivity contribution >= 4 is 11.6 Å². The fourth-order valence-electron chi connectivity index (χ4n) is 2.12. The second-order valence-electron chi connectivity index (χ2n) is 4.89. The van der Waals surface area contributed by atoms with Crippen LogP contribution in [0.15, 0.2) is 48.8 Å². The van der Waals surface area contributed by atoms with Gasteiger partial charge in [0.1, 0.15) is 11.5 Å². The number of hydrogen-bond acceptors (Lipinski definition) is 2. The highest BCUT2D eigenvalue weighted by Crippen LogP contribution is 2.08. The average Bonchev–Trinajstić information content (AvgIpc) is 2.86. The largest absolute Gasteiger partial charge is 0.346 e. The van der Waals surface area contributed by atoms with Gasteiger partial charge in [-0.25, -0.2) is 9.37 Å². The molecule has 21 heavy (non-hydrogen) atoms. The first kappa shape index (κ1) is 13.3. The number of hydrogen-bond donors (Lipinski definition) is 1. The molecule has 0 fully saturated rings. The molecule has 0 aliphatic rings. The molecule has 0 saturated carbocycles. The van der Waals surface area contributed by atoms with E-state index < -0.39 is 5.82 Å². The molecule has 4 nitrogen and oxygen atoms in total. The highest BCUT2D eigenvalue weighted by Gasteiger charge is 2.08. The summed E-state index contributed by atoms with van der Waals surface area (Å²) in [5, 5.41) is 2.74. The summed E-state index contributed by atoms with van der Waals surface area (Å²) in [5.41, 5.74) is 3.02. The number of benzene rings is 1. The van der Waals surface area contributed by atoms with Crippen LogP contribution < -0.4 is 5.32 Å². The Hall–Kier alpha value is -2.69. The number of carbonyl (C=O) groups is 1. The molecule has 0 aliphatic carbocycles. The first-order valence-corrected chi connectivity index (χ1v) is 6.60. The standard InChI is InChI=1S/C16H14FN3O/c1-11-5-6-20-10-14(19-15(20)7-11)9-18-16(21)12-3-2-4-13(17)8-12/h2-8,10H,9H2,1H3,(H,18,21). The van der Waals surface area contributed by atoms with Gasteiger partial charge >= 0.3 is 0 Å². The molecular weight excluding hydrogens is 269 g/mol. The number of nitrogens with one attached hydrogen (secondary N) is 1. The van der Waals surface area contributed by atoms with Crippen LogP contribution in [0.2, 0.25) is 0 Å². The van der Waals surface area contributed by atoms with Crippen molar-refractivity contribution in [2.75, 3.05) is 0 Å². The van der Waals surface area contributed by atoms with Crippen LogP contribution in [0.25, 0.3) is 5.65 Å². The molecule has 5 heteroatoms. The lowest BCUT2D eigenvalue weighted by atomic mass is 10.2. The summed E-state index contributed by atoms with van der Waals surface area (Å²) in [7, 11) is 0. The third-order valence-corrected chi connectivity index (χ3v) is 3.18. The minimum absolute atomic E-state index is 0.301. The Labute approximate surface area is 121 Å². The maximum atomic E-state index is 13.1. The van der Waals surface area contributed by atoms with Gasteiger partial charge in [-0.3, -0.25) is 4.79 Å². The maximum Gasteiger partial charge on any atom is 0.251 e. The number of aromatic nitrogens is 2. The van der Waals surface area contributed by atoms with E-state index in [4.69, 9.17) is 0 Å². The van der Waals surface area contributed by atoms with Crippen molar-refractivity contribution in [2.24, 2.45) is 0 Å². The lowest BCUT2D eigenvalue weighted by Gasteiger charge is -2.02. The molecule has 106 valence electrons. The zero-order valence-corrected chi connectivity index (χ0v) is 11.5. The smallest absolute Gasteiger partial charge is 0.251 e. The van der Waals surface area contributed by atoms with Crippen LogP contribution in [0.4, 0.5) is 4.39 Å². The third-order valence-electron chi connectivity index (χ3n) is 3.18. The SMILES string of the molecule is Cc1ccn2cc(CNC(=O)c3cccc(F)c3)nc2c1. The van der Waals surface area contributed by atoms with Gasteiger partial charge in [-0.2, -0.15) is 0 Å². The van der Waals surface area contributed by atoms with Gasteiger partial charge in [-0.1, -0.05) is 6.07 Å². The number of pyridine rings is 1. The molecular formula is C16H14FN3O. The summed E-state index contributed by atoms with van der Waals surface area (Å²) in [6.07, 6.45) is 3.79. The molecule has 1 N–H and O–H groups in total. The van der Waals surface area contributed by atoms with E-state index in [1.807, 2.05) is 35.9 Å². The van der Waals surface area contributed by atoms with Crippen molar-refractivity contribution in [2.45, 2.75) is 13.5 Å². The quantitative estimate of drug-likeness (QED) is 0.803. The predicted molar refractivity (Wildman–Crippen MR) is 77.5 cm³/mol. The van der Waals surface area contributed by atoms with E-state index in [0.717, 1.165) is 16.9 Å². The lowest BCUT2D eigenvalue weighted by Crippen LogP contribution is -2.23. The zero-order chi connectivity index (χ0) is 14.8. The number of nitrogens with zero attached hydrogens (tertiary/aromatic N) is 2. The van der Waals surface area contributed by atoms with Gasteiger partial charge in [0.05, 0.1) is 12.2 Å². The fourth-order valence-corrected chi connectivity index (χ4v) is 2.12. The molecule has 1 aromatic carbocycles. The second-order valence-corrected chi connectivity index (χ2v) is 4.89. The Morgan fingerprint density at radius 3 is 3.00 bits per heavy atom. The van der Waals surface area contributed by atoms with E-state index in [1.54, 1.807) is 6.07 Å². The van der Waals surface area contributed by atoms with Crippen molar-refractivity contribution in [3.63, 3.8) is 0 Å². The van der Waals surface area contributed by atoms with E-state index in [1.165, 1.54) is 18.2 Å². The minimum Gasteiger partial charge on any atom is -0.346 e. The summed E-state index contributed by atoms with van der Waals surface area (Å²) in [5.74, 6) is -0.742. The Kier molecular flexibility index (Phi) is 3.39. The van der Waals surface area contributed by atoms with E-state index in [9.17, 15) is 9.18 Å². The van der Waals surface area contributed by atoms with Gasteiger partial charge in [-0.15, -0.1) is 0 Å². The molecule has 0 aliphatic heterocycles. The van der Waals surface area contributed by atoms with Crippen LogP contribution in [-0.2, 0) is 6.54 Å². The summed E-state index contributed by atoms with van der Waals surface area (Å²) in [6.45, 7) is 2.30.